The van der Waals surface area contributed by atoms with Crippen molar-refractivity contribution in [3.63, 3.8) is 0 Å². The van der Waals surface area contributed by atoms with Gasteiger partial charge < -0.3 is 9.47 Å². The van der Waals surface area contributed by atoms with Gasteiger partial charge in [0.1, 0.15) is 17.9 Å². The van der Waals surface area contributed by atoms with Gasteiger partial charge in [-0.25, -0.2) is 0 Å². The molecule has 3 heteroatoms. The summed E-state index contributed by atoms with van der Waals surface area (Å²) in [6, 6.07) is 8.02. The van der Waals surface area contributed by atoms with Crippen LogP contribution in [0.2, 0.25) is 0 Å². The summed E-state index contributed by atoms with van der Waals surface area (Å²) in [4.78, 5) is 0. The highest BCUT2D eigenvalue weighted by molar-refractivity contribution is 5.47. The topological polar surface area (TPSA) is 42.2 Å². The van der Waals surface area contributed by atoms with Crippen LogP contribution in [-0.2, 0) is 10.2 Å². The summed E-state index contributed by atoms with van der Waals surface area (Å²) in [5.74, 6) is 0.661. The van der Waals surface area contributed by atoms with E-state index in [1.807, 2.05) is 18.2 Å². The first-order valence-corrected chi connectivity index (χ1v) is 5.80. The van der Waals surface area contributed by atoms with Crippen molar-refractivity contribution in [1.82, 2.24) is 0 Å². The highest BCUT2D eigenvalue weighted by Crippen LogP contribution is 2.28. The summed E-state index contributed by atoms with van der Waals surface area (Å²) < 4.78 is 10.7. The standard InChI is InChI=1S/C14H17NO2/c1-14(2,3)11-4-5-13(10(6-11)7-15)17-12-8-16-9-12/h4-6,12H,8-9H2,1-3H3. The van der Waals surface area contributed by atoms with Crippen LogP contribution in [0.4, 0.5) is 0 Å². The quantitative estimate of drug-likeness (QED) is 0.785. The molecule has 1 fully saturated rings. The van der Waals surface area contributed by atoms with Crippen molar-refractivity contribution in [2.75, 3.05) is 13.2 Å². The van der Waals surface area contributed by atoms with E-state index >= 15 is 0 Å². The maximum Gasteiger partial charge on any atom is 0.145 e. The highest BCUT2D eigenvalue weighted by Gasteiger charge is 2.22. The van der Waals surface area contributed by atoms with Crippen molar-refractivity contribution >= 4 is 0 Å². The molecule has 0 aliphatic carbocycles. The summed E-state index contributed by atoms with van der Waals surface area (Å²) >= 11 is 0. The molecule has 3 nitrogen and oxygen atoms in total. The number of rotatable bonds is 2. The van der Waals surface area contributed by atoms with E-state index in [-0.39, 0.29) is 11.5 Å². The second-order valence-electron chi connectivity index (χ2n) is 5.35. The lowest BCUT2D eigenvalue weighted by Crippen LogP contribution is -2.38. The predicted molar refractivity (Wildman–Crippen MR) is 65.1 cm³/mol. The number of nitrogens with zero attached hydrogens (tertiary/aromatic N) is 1. The van der Waals surface area contributed by atoms with E-state index in [1.54, 1.807) is 0 Å². The summed E-state index contributed by atoms with van der Waals surface area (Å²) in [6.45, 7) is 7.62. The van der Waals surface area contributed by atoms with Crippen LogP contribution in [0, 0.1) is 11.3 Å². The molecule has 0 bridgehead atoms. The Hall–Kier alpha value is -1.53. The first kappa shape index (κ1) is 11.9. The van der Waals surface area contributed by atoms with Crippen LogP contribution >= 0.6 is 0 Å². The Balaban J connectivity index is 2.25. The molecule has 0 radical (unpaired) electrons. The van der Waals surface area contributed by atoms with Gasteiger partial charge in [0.15, 0.2) is 0 Å². The average molecular weight is 231 g/mol. The zero-order valence-electron chi connectivity index (χ0n) is 10.5. The van der Waals surface area contributed by atoms with Crippen LogP contribution in [0.3, 0.4) is 0 Å². The van der Waals surface area contributed by atoms with Crippen LogP contribution in [0.1, 0.15) is 31.9 Å². The second kappa shape index (κ2) is 4.38. The van der Waals surface area contributed by atoms with Crippen LogP contribution < -0.4 is 4.74 Å². The third-order valence-corrected chi connectivity index (χ3v) is 2.87. The first-order chi connectivity index (χ1) is 8.00. The number of benzene rings is 1. The van der Waals surface area contributed by atoms with E-state index in [0.717, 1.165) is 5.56 Å². The predicted octanol–water partition coefficient (Wildman–Crippen LogP) is 2.63. The van der Waals surface area contributed by atoms with Crippen LogP contribution in [0.25, 0.3) is 0 Å². The van der Waals surface area contributed by atoms with Gasteiger partial charge in [0.2, 0.25) is 0 Å². The fourth-order valence-electron chi connectivity index (χ4n) is 1.65. The molecule has 0 aromatic heterocycles. The third-order valence-electron chi connectivity index (χ3n) is 2.87. The van der Waals surface area contributed by atoms with Crippen LogP contribution in [0.15, 0.2) is 18.2 Å². The van der Waals surface area contributed by atoms with Gasteiger partial charge in [-0.1, -0.05) is 26.8 Å². The Kier molecular flexibility index (Phi) is 3.08. The maximum absolute atomic E-state index is 9.15. The molecule has 1 aliphatic heterocycles. The molecule has 2 rings (SSSR count). The Bertz CT molecular complexity index is 450. The number of hydrogen-bond acceptors (Lipinski definition) is 3. The van der Waals surface area contributed by atoms with Crippen LogP contribution in [0.5, 0.6) is 5.75 Å². The normalized spacial score (nSPS) is 16.1. The van der Waals surface area contributed by atoms with Gasteiger partial charge in [0.25, 0.3) is 0 Å². The zero-order valence-corrected chi connectivity index (χ0v) is 10.5. The number of nitriles is 1. The van der Waals surface area contributed by atoms with Gasteiger partial charge in [0.05, 0.1) is 18.8 Å². The molecule has 1 aliphatic rings. The molecule has 0 saturated carbocycles. The molecule has 0 unspecified atom stereocenters. The monoisotopic (exact) mass is 231 g/mol. The molecular weight excluding hydrogens is 214 g/mol. The summed E-state index contributed by atoms with van der Waals surface area (Å²) in [6.07, 6.45) is 0.0996. The highest BCUT2D eigenvalue weighted by atomic mass is 16.6. The molecule has 1 aromatic carbocycles. The average Bonchev–Trinajstić information content (AvgIpc) is 2.22. The van der Waals surface area contributed by atoms with Gasteiger partial charge in [-0.2, -0.15) is 5.26 Å². The smallest absolute Gasteiger partial charge is 0.145 e. The minimum Gasteiger partial charge on any atom is -0.484 e. The molecule has 0 N–H and O–H groups in total. The lowest BCUT2D eigenvalue weighted by molar-refractivity contribution is -0.0797. The molecule has 0 atom stereocenters. The van der Waals surface area contributed by atoms with Crippen molar-refractivity contribution in [1.29, 1.82) is 5.26 Å². The molecule has 90 valence electrons. The second-order valence-corrected chi connectivity index (χ2v) is 5.35. The first-order valence-electron chi connectivity index (χ1n) is 5.80. The molecule has 1 saturated heterocycles. The van der Waals surface area contributed by atoms with Crippen molar-refractivity contribution in [3.8, 4) is 11.8 Å². The molecular formula is C14H17NO2. The van der Waals surface area contributed by atoms with Crippen molar-refractivity contribution in [2.45, 2.75) is 32.3 Å². The molecule has 0 amide bonds. The minimum absolute atomic E-state index is 0.0453. The fraction of sp³-hybridized carbons (Fsp3) is 0.500. The Morgan fingerprint density at radius 2 is 2.06 bits per heavy atom. The third kappa shape index (κ3) is 2.59. The van der Waals surface area contributed by atoms with Crippen molar-refractivity contribution < 1.29 is 9.47 Å². The van der Waals surface area contributed by atoms with Crippen LogP contribution in [-0.4, -0.2) is 19.3 Å². The van der Waals surface area contributed by atoms with E-state index in [2.05, 4.69) is 26.8 Å². The summed E-state index contributed by atoms with van der Waals surface area (Å²) in [5, 5.41) is 9.15. The zero-order chi connectivity index (χ0) is 12.5. The lowest BCUT2D eigenvalue weighted by atomic mass is 9.86. The van der Waals surface area contributed by atoms with Gasteiger partial charge in [-0.15, -0.1) is 0 Å². The molecule has 1 heterocycles. The molecule has 0 spiro atoms. The van der Waals surface area contributed by atoms with Gasteiger partial charge >= 0.3 is 0 Å². The van der Waals surface area contributed by atoms with Gasteiger partial charge in [-0.05, 0) is 23.1 Å². The number of hydrogen-bond donors (Lipinski definition) is 0. The maximum atomic E-state index is 9.15. The Labute approximate surface area is 102 Å². The van der Waals surface area contributed by atoms with E-state index in [4.69, 9.17) is 14.7 Å². The molecule has 1 aromatic rings. The van der Waals surface area contributed by atoms with Gasteiger partial charge in [-0.3, -0.25) is 0 Å². The SMILES string of the molecule is CC(C)(C)c1ccc(OC2COC2)c(C#N)c1. The van der Waals surface area contributed by atoms with Crippen molar-refractivity contribution in [3.05, 3.63) is 29.3 Å². The summed E-state index contributed by atoms with van der Waals surface area (Å²) in [5.41, 5.74) is 1.79. The largest absolute Gasteiger partial charge is 0.484 e. The van der Waals surface area contributed by atoms with E-state index in [1.165, 1.54) is 0 Å². The number of ether oxygens (including phenoxy) is 2. The summed E-state index contributed by atoms with van der Waals surface area (Å²) in [7, 11) is 0. The Morgan fingerprint density at radius 3 is 2.53 bits per heavy atom. The van der Waals surface area contributed by atoms with E-state index < -0.39 is 0 Å². The molecule has 17 heavy (non-hydrogen) atoms. The van der Waals surface area contributed by atoms with Crippen molar-refractivity contribution in [2.24, 2.45) is 0 Å². The lowest BCUT2D eigenvalue weighted by Gasteiger charge is -2.27. The minimum atomic E-state index is 0.0453. The fourth-order valence-corrected chi connectivity index (χ4v) is 1.65. The van der Waals surface area contributed by atoms with Gasteiger partial charge in [0, 0.05) is 0 Å². The Morgan fingerprint density at radius 1 is 1.35 bits per heavy atom. The van der Waals surface area contributed by atoms with E-state index in [9.17, 15) is 0 Å². The van der Waals surface area contributed by atoms with E-state index in [0.29, 0.717) is 24.5 Å².